The van der Waals surface area contributed by atoms with Crippen LogP contribution in [-0.4, -0.2) is 13.7 Å². The van der Waals surface area contributed by atoms with E-state index in [4.69, 9.17) is 26.5 Å². The maximum atomic E-state index is 5.61. The number of halogens is 1. The van der Waals surface area contributed by atoms with Crippen LogP contribution in [0.3, 0.4) is 0 Å². The second-order valence-electron chi connectivity index (χ2n) is 2.44. The zero-order chi connectivity index (χ0) is 8.97. The molecule has 0 spiro atoms. The smallest absolute Gasteiger partial charge is 0.193 e. The van der Waals surface area contributed by atoms with E-state index < -0.39 is 0 Å². The molecular weight excluding hydrogens is 178 g/mol. The summed E-state index contributed by atoms with van der Waals surface area (Å²) in [5.41, 5.74) is 5.39. The lowest BCUT2D eigenvalue weighted by Gasteiger charge is -2.10. The summed E-state index contributed by atoms with van der Waals surface area (Å²) in [7, 11) is 1.62. The van der Waals surface area contributed by atoms with Crippen molar-refractivity contribution in [3.05, 3.63) is 23.1 Å². The SMILES string of the molecule is COC(CCN)c1ccc(Cl)o1. The van der Waals surface area contributed by atoms with E-state index in [1.807, 2.05) is 0 Å². The number of rotatable bonds is 4. The molecule has 0 aliphatic heterocycles. The predicted molar refractivity (Wildman–Crippen MR) is 47.1 cm³/mol. The van der Waals surface area contributed by atoms with E-state index in [0.717, 1.165) is 12.2 Å². The number of hydrogen-bond acceptors (Lipinski definition) is 3. The zero-order valence-corrected chi connectivity index (χ0v) is 7.67. The summed E-state index contributed by atoms with van der Waals surface area (Å²) in [6, 6.07) is 3.49. The summed E-state index contributed by atoms with van der Waals surface area (Å²) < 4.78 is 10.3. The minimum Gasteiger partial charge on any atom is -0.447 e. The van der Waals surface area contributed by atoms with Crippen LogP contribution >= 0.6 is 11.6 Å². The number of nitrogens with two attached hydrogens (primary N) is 1. The molecule has 1 aromatic heterocycles. The monoisotopic (exact) mass is 189 g/mol. The van der Waals surface area contributed by atoms with Crippen LogP contribution in [0.5, 0.6) is 0 Å². The number of hydrogen-bond donors (Lipinski definition) is 1. The molecule has 0 aromatic carbocycles. The summed E-state index contributed by atoms with van der Waals surface area (Å²) in [5.74, 6) is 0.730. The van der Waals surface area contributed by atoms with Crippen molar-refractivity contribution in [2.75, 3.05) is 13.7 Å². The van der Waals surface area contributed by atoms with Crippen molar-refractivity contribution < 1.29 is 9.15 Å². The molecule has 1 unspecified atom stereocenters. The summed E-state index contributed by atoms with van der Waals surface area (Å²) in [6.45, 7) is 0.566. The first-order chi connectivity index (χ1) is 5.77. The largest absolute Gasteiger partial charge is 0.447 e. The Morgan fingerprint density at radius 3 is 2.83 bits per heavy atom. The molecule has 0 bridgehead atoms. The van der Waals surface area contributed by atoms with Gasteiger partial charge in [-0.3, -0.25) is 0 Å². The molecule has 0 saturated heterocycles. The molecule has 68 valence electrons. The van der Waals surface area contributed by atoms with Crippen LogP contribution < -0.4 is 5.73 Å². The van der Waals surface area contributed by atoms with E-state index in [2.05, 4.69) is 0 Å². The van der Waals surface area contributed by atoms with Gasteiger partial charge in [0.15, 0.2) is 5.22 Å². The summed E-state index contributed by atoms with van der Waals surface area (Å²) >= 11 is 5.61. The molecular formula is C8H12ClNO2. The Balaban J connectivity index is 2.66. The minimum absolute atomic E-state index is 0.0810. The number of ether oxygens (including phenoxy) is 1. The molecule has 0 aliphatic carbocycles. The predicted octanol–water partition coefficient (Wildman–Crippen LogP) is 1.97. The van der Waals surface area contributed by atoms with Gasteiger partial charge in [0.05, 0.1) is 0 Å². The second-order valence-corrected chi connectivity index (χ2v) is 2.82. The van der Waals surface area contributed by atoms with Gasteiger partial charge < -0.3 is 14.9 Å². The lowest BCUT2D eigenvalue weighted by molar-refractivity contribution is 0.0788. The van der Waals surface area contributed by atoms with E-state index in [-0.39, 0.29) is 6.10 Å². The molecule has 2 N–H and O–H groups in total. The highest BCUT2D eigenvalue weighted by Crippen LogP contribution is 2.24. The Morgan fingerprint density at radius 1 is 1.67 bits per heavy atom. The Kier molecular flexibility index (Phi) is 3.59. The van der Waals surface area contributed by atoms with Gasteiger partial charge in [-0.2, -0.15) is 0 Å². The molecule has 12 heavy (non-hydrogen) atoms. The molecule has 1 rings (SSSR count). The molecule has 0 radical (unpaired) electrons. The fourth-order valence-electron chi connectivity index (χ4n) is 1.03. The normalized spacial score (nSPS) is 13.2. The van der Waals surface area contributed by atoms with Crippen LogP contribution in [0.1, 0.15) is 18.3 Å². The molecule has 0 amide bonds. The van der Waals surface area contributed by atoms with Crippen molar-refractivity contribution in [1.29, 1.82) is 0 Å². The maximum Gasteiger partial charge on any atom is 0.193 e. The van der Waals surface area contributed by atoms with Crippen molar-refractivity contribution in [2.45, 2.75) is 12.5 Å². The van der Waals surface area contributed by atoms with Gasteiger partial charge in [0.2, 0.25) is 0 Å². The van der Waals surface area contributed by atoms with Gasteiger partial charge in [-0.1, -0.05) is 0 Å². The van der Waals surface area contributed by atoms with Crippen molar-refractivity contribution in [2.24, 2.45) is 5.73 Å². The highest BCUT2D eigenvalue weighted by molar-refractivity contribution is 6.28. The molecule has 3 nitrogen and oxygen atoms in total. The molecule has 1 atom stereocenters. The van der Waals surface area contributed by atoms with Gasteiger partial charge >= 0.3 is 0 Å². The van der Waals surface area contributed by atoms with Crippen molar-refractivity contribution in [3.63, 3.8) is 0 Å². The van der Waals surface area contributed by atoms with E-state index in [0.29, 0.717) is 11.8 Å². The van der Waals surface area contributed by atoms with Crippen molar-refractivity contribution in [3.8, 4) is 0 Å². The summed E-state index contributed by atoms with van der Waals surface area (Å²) in [5, 5.41) is 0.379. The van der Waals surface area contributed by atoms with Crippen LogP contribution in [0.4, 0.5) is 0 Å². The van der Waals surface area contributed by atoms with Crippen LogP contribution in [-0.2, 0) is 4.74 Å². The zero-order valence-electron chi connectivity index (χ0n) is 6.92. The first-order valence-corrected chi connectivity index (χ1v) is 4.14. The van der Waals surface area contributed by atoms with Crippen LogP contribution in [0.2, 0.25) is 5.22 Å². The molecule has 1 aromatic rings. The van der Waals surface area contributed by atoms with E-state index in [9.17, 15) is 0 Å². The van der Waals surface area contributed by atoms with Crippen LogP contribution in [0.15, 0.2) is 16.5 Å². The standard InChI is InChI=1S/C8H12ClNO2/c1-11-6(4-5-10)7-2-3-8(9)12-7/h2-3,6H,4-5,10H2,1H3. The Morgan fingerprint density at radius 2 is 2.42 bits per heavy atom. The summed E-state index contributed by atoms with van der Waals surface area (Å²) in [6.07, 6.45) is 0.655. The second kappa shape index (κ2) is 4.50. The maximum absolute atomic E-state index is 5.61. The molecule has 0 aliphatic rings. The third-order valence-corrected chi connectivity index (χ3v) is 1.83. The van der Waals surface area contributed by atoms with Gasteiger partial charge in [-0.15, -0.1) is 0 Å². The Labute approximate surface area is 76.4 Å². The number of methoxy groups -OCH3 is 1. The average molecular weight is 190 g/mol. The fourth-order valence-corrected chi connectivity index (χ4v) is 1.18. The van der Waals surface area contributed by atoms with E-state index in [1.165, 1.54) is 0 Å². The van der Waals surface area contributed by atoms with Gasteiger partial charge in [0.1, 0.15) is 11.9 Å². The quantitative estimate of drug-likeness (QED) is 0.788. The van der Waals surface area contributed by atoms with Gasteiger partial charge in [-0.05, 0) is 36.7 Å². The molecule has 0 saturated carbocycles. The average Bonchev–Trinajstić information content (AvgIpc) is 2.47. The molecule has 0 fully saturated rings. The van der Waals surface area contributed by atoms with Gasteiger partial charge in [0, 0.05) is 7.11 Å². The lowest BCUT2D eigenvalue weighted by Crippen LogP contribution is -2.08. The van der Waals surface area contributed by atoms with Gasteiger partial charge in [-0.25, -0.2) is 0 Å². The first kappa shape index (κ1) is 9.58. The topological polar surface area (TPSA) is 48.4 Å². The fraction of sp³-hybridized carbons (Fsp3) is 0.500. The highest BCUT2D eigenvalue weighted by atomic mass is 35.5. The first-order valence-electron chi connectivity index (χ1n) is 3.76. The highest BCUT2D eigenvalue weighted by Gasteiger charge is 2.12. The van der Waals surface area contributed by atoms with E-state index in [1.54, 1.807) is 19.2 Å². The van der Waals surface area contributed by atoms with Crippen LogP contribution in [0, 0.1) is 0 Å². The van der Waals surface area contributed by atoms with Crippen molar-refractivity contribution in [1.82, 2.24) is 0 Å². The van der Waals surface area contributed by atoms with Gasteiger partial charge in [0.25, 0.3) is 0 Å². The Hall–Kier alpha value is -0.510. The minimum atomic E-state index is -0.0810. The van der Waals surface area contributed by atoms with Crippen molar-refractivity contribution >= 4 is 11.6 Å². The molecule has 4 heteroatoms. The molecule has 1 heterocycles. The number of furan rings is 1. The Bertz CT molecular complexity index is 237. The third-order valence-electron chi connectivity index (χ3n) is 1.62. The summed E-state index contributed by atoms with van der Waals surface area (Å²) in [4.78, 5) is 0. The lowest BCUT2D eigenvalue weighted by atomic mass is 10.2. The van der Waals surface area contributed by atoms with E-state index >= 15 is 0 Å². The third kappa shape index (κ3) is 2.24. The van der Waals surface area contributed by atoms with Crippen LogP contribution in [0.25, 0.3) is 0 Å².